The van der Waals surface area contributed by atoms with Gasteiger partial charge < -0.3 is 4.74 Å². The fourth-order valence-electron chi connectivity index (χ4n) is 3.26. The van der Waals surface area contributed by atoms with Crippen molar-refractivity contribution in [2.24, 2.45) is 5.92 Å². The van der Waals surface area contributed by atoms with Gasteiger partial charge in [-0.3, -0.25) is 9.48 Å². The number of ether oxygens (including phenoxy) is 1. The first-order valence-corrected chi connectivity index (χ1v) is 7.67. The van der Waals surface area contributed by atoms with E-state index >= 15 is 0 Å². The molecule has 1 unspecified atom stereocenters. The third-order valence-corrected chi connectivity index (χ3v) is 4.51. The van der Waals surface area contributed by atoms with Gasteiger partial charge in [-0.15, -0.1) is 0 Å². The van der Waals surface area contributed by atoms with Gasteiger partial charge in [-0.05, 0) is 38.7 Å². The van der Waals surface area contributed by atoms with Crippen LogP contribution in [0.3, 0.4) is 0 Å². The van der Waals surface area contributed by atoms with Crippen LogP contribution in [0.5, 0.6) is 0 Å². The Bertz CT molecular complexity index is 473. The Morgan fingerprint density at radius 1 is 1.35 bits per heavy atom. The zero-order valence-corrected chi connectivity index (χ0v) is 13.1. The molecule has 4 nitrogen and oxygen atoms in total. The third kappa shape index (κ3) is 3.05. The average Bonchev–Trinajstić information content (AvgIpc) is 2.75. The largest absolute Gasteiger partial charge is 0.469 e. The summed E-state index contributed by atoms with van der Waals surface area (Å²) in [6.45, 7) is 6.10. The molecule has 0 aliphatic heterocycles. The lowest BCUT2D eigenvalue weighted by molar-refractivity contribution is -0.144. The van der Waals surface area contributed by atoms with E-state index in [9.17, 15) is 4.79 Å². The number of aromatic nitrogens is 2. The van der Waals surface area contributed by atoms with Crippen LogP contribution in [-0.4, -0.2) is 22.9 Å². The van der Waals surface area contributed by atoms with Crippen molar-refractivity contribution in [3.05, 3.63) is 17.0 Å². The van der Waals surface area contributed by atoms with Crippen molar-refractivity contribution < 1.29 is 9.53 Å². The molecule has 1 atom stereocenters. The average molecular weight is 278 g/mol. The quantitative estimate of drug-likeness (QED) is 0.793. The number of aryl methyl sites for hydroxylation is 1. The van der Waals surface area contributed by atoms with E-state index in [1.54, 1.807) is 0 Å². The van der Waals surface area contributed by atoms with Crippen LogP contribution in [0.1, 0.15) is 62.0 Å². The molecule has 1 saturated carbocycles. The van der Waals surface area contributed by atoms with E-state index in [2.05, 4.69) is 11.6 Å². The van der Waals surface area contributed by atoms with Gasteiger partial charge in [-0.2, -0.15) is 5.10 Å². The second-order valence-corrected chi connectivity index (χ2v) is 6.01. The molecule has 1 aromatic heterocycles. The number of hydrogen-bond acceptors (Lipinski definition) is 3. The molecule has 20 heavy (non-hydrogen) atoms. The summed E-state index contributed by atoms with van der Waals surface area (Å²) in [6.07, 6.45) is 7.13. The number of esters is 1. The SMILES string of the molecule is COC(=O)C(C)Cc1c(C)nn(C2CCCCC2)c1C. The normalized spacial score (nSPS) is 18.0. The Balaban J connectivity index is 2.18. The Kier molecular flexibility index (Phi) is 4.84. The smallest absolute Gasteiger partial charge is 0.308 e. The molecule has 0 N–H and O–H groups in total. The van der Waals surface area contributed by atoms with Crippen LogP contribution < -0.4 is 0 Å². The van der Waals surface area contributed by atoms with Crippen molar-refractivity contribution in [1.82, 2.24) is 9.78 Å². The molecule has 112 valence electrons. The minimum atomic E-state index is -0.144. The van der Waals surface area contributed by atoms with Gasteiger partial charge in [0.15, 0.2) is 0 Å². The van der Waals surface area contributed by atoms with Gasteiger partial charge in [0.2, 0.25) is 0 Å². The number of carbonyl (C=O) groups excluding carboxylic acids is 1. The third-order valence-electron chi connectivity index (χ3n) is 4.51. The molecule has 1 heterocycles. The number of hydrogen-bond donors (Lipinski definition) is 0. The van der Waals surface area contributed by atoms with Gasteiger partial charge in [0.25, 0.3) is 0 Å². The van der Waals surface area contributed by atoms with Crippen LogP contribution in [0.25, 0.3) is 0 Å². The lowest BCUT2D eigenvalue weighted by Crippen LogP contribution is -2.17. The predicted molar refractivity (Wildman–Crippen MR) is 78.7 cm³/mol. The van der Waals surface area contributed by atoms with Crippen LogP contribution >= 0.6 is 0 Å². The summed E-state index contributed by atoms with van der Waals surface area (Å²) >= 11 is 0. The van der Waals surface area contributed by atoms with Crippen LogP contribution in [0.4, 0.5) is 0 Å². The summed E-state index contributed by atoms with van der Waals surface area (Å²) in [5, 5.41) is 4.74. The maximum atomic E-state index is 11.6. The first-order chi connectivity index (χ1) is 9.54. The number of nitrogens with zero attached hydrogens (tertiary/aromatic N) is 2. The Morgan fingerprint density at radius 3 is 2.60 bits per heavy atom. The maximum Gasteiger partial charge on any atom is 0.308 e. The van der Waals surface area contributed by atoms with E-state index in [1.165, 1.54) is 50.5 Å². The summed E-state index contributed by atoms with van der Waals surface area (Å²) in [5.74, 6) is -0.254. The molecular formula is C16H26N2O2. The molecule has 0 amide bonds. The maximum absolute atomic E-state index is 11.6. The minimum Gasteiger partial charge on any atom is -0.469 e. The van der Waals surface area contributed by atoms with Gasteiger partial charge >= 0.3 is 5.97 Å². The van der Waals surface area contributed by atoms with Gasteiger partial charge in [0.1, 0.15) is 0 Å². The zero-order valence-electron chi connectivity index (χ0n) is 13.1. The highest BCUT2D eigenvalue weighted by molar-refractivity contribution is 5.72. The second-order valence-electron chi connectivity index (χ2n) is 6.01. The van der Waals surface area contributed by atoms with Gasteiger partial charge in [0.05, 0.1) is 24.8 Å². The number of carbonyl (C=O) groups is 1. The monoisotopic (exact) mass is 278 g/mol. The van der Waals surface area contributed by atoms with Crippen molar-refractivity contribution in [2.75, 3.05) is 7.11 Å². The lowest BCUT2D eigenvalue weighted by atomic mass is 9.95. The molecule has 1 aromatic rings. The first kappa shape index (κ1) is 15.1. The minimum absolute atomic E-state index is 0.110. The molecule has 0 spiro atoms. The molecule has 1 aliphatic rings. The van der Waals surface area contributed by atoms with Crippen LogP contribution in [0, 0.1) is 19.8 Å². The van der Waals surface area contributed by atoms with Gasteiger partial charge in [-0.25, -0.2) is 0 Å². The molecule has 1 aliphatic carbocycles. The fourth-order valence-corrected chi connectivity index (χ4v) is 3.26. The van der Waals surface area contributed by atoms with Crippen molar-refractivity contribution in [1.29, 1.82) is 0 Å². The molecular weight excluding hydrogens is 252 g/mol. The molecule has 1 fully saturated rings. The van der Waals surface area contributed by atoms with Crippen LogP contribution in [0.15, 0.2) is 0 Å². The zero-order chi connectivity index (χ0) is 14.7. The van der Waals surface area contributed by atoms with E-state index in [4.69, 9.17) is 9.84 Å². The van der Waals surface area contributed by atoms with Gasteiger partial charge in [-0.1, -0.05) is 26.2 Å². The standard InChI is InChI=1S/C16H26N2O2/c1-11(16(19)20-4)10-15-12(2)17-18(13(15)3)14-8-6-5-7-9-14/h11,14H,5-10H2,1-4H3. The summed E-state index contributed by atoms with van der Waals surface area (Å²) < 4.78 is 7.02. The number of methoxy groups -OCH3 is 1. The van der Waals surface area contributed by atoms with Crippen molar-refractivity contribution >= 4 is 5.97 Å². The Hall–Kier alpha value is -1.32. The topological polar surface area (TPSA) is 44.1 Å². The summed E-state index contributed by atoms with van der Waals surface area (Å²) in [6, 6.07) is 0.546. The van der Waals surface area contributed by atoms with E-state index in [-0.39, 0.29) is 11.9 Å². The Labute approximate surface area is 121 Å². The summed E-state index contributed by atoms with van der Waals surface area (Å²) in [7, 11) is 1.45. The van der Waals surface area contributed by atoms with E-state index in [0.29, 0.717) is 6.04 Å². The molecule has 0 aromatic carbocycles. The second kappa shape index (κ2) is 6.42. The summed E-state index contributed by atoms with van der Waals surface area (Å²) in [4.78, 5) is 11.6. The lowest BCUT2D eigenvalue weighted by Gasteiger charge is -2.23. The number of rotatable bonds is 4. The van der Waals surface area contributed by atoms with Gasteiger partial charge in [0, 0.05) is 5.69 Å². The fraction of sp³-hybridized carbons (Fsp3) is 0.750. The van der Waals surface area contributed by atoms with Crippen molar-refractivity contribution in [3.8, 4) is 0 Å². The first-order valence-electron chi connectivity index (χ1n) is 7.67. The summed E-state index contributed by atoms with van der Waals surface area (Å²) in [5.41, 5.74) is 3.50. The highest BCUT2D eigenvalue weighted by atomic mass is 16.5. The molecule has 0 saturated heterocycles. The Morgan fingerprint density at radius 2 is 2.00 bits per heavy atom. The van der Waals surface area contributed by atoms with Crippen LogP contribution in [0.2, 0.25) is 0 Å². The van der Waals surface area contributed by atoms with E-state index in [0.717, 1.165) is 12.1 Å². The van der Waals surface area contributed by atoms with Crippen LogP contribution in [-0.2, 0) is 16.0 Å². The molecule has 4 heteroatoms. The molecule has 0 radical (unpaired) electrons. The highest BCUT2D eigenvalue weighted by Gasteiger charge is 2.23. The van der Waals surface area contributed by atoms with E-state index < -0.39 is 0 Å². The van der Waals surface area contributed by atoms with Crippen molar-refractivity contribution in [3.63, 3.8) is 0 Å². The molecule has 2 rings (SSSR count). The van der Waals surface area contributed by atoms with E-state index in [1.807, 2.05) is 13.8 Å². The molecule has 0 bridgehead atoms. The highest BCUT2D eigenvalue weighted by Crippen LogP contribution is 2.30. The van der Waals surface area contributed by atoms with Crippen molar-refractivity contribution in [2.45, 2.75) is 65.3 Å². The predicted octanol–water partition coefficient (Wildman–Crippen LogP) is 3.36.